The fraction of sp³-hybridized carbons (Fsp3) is 0.389. The minimum Gasteiger partial charge on any atom is -0.406 e. The van der Waals surface area contributed by atoms with E-state index in [1.165, 1.54) is 24.3 Å². The molecule has 0 spiro atoms. The van der Waals surface area contributed by atoms with Crippen LogP contribution in [0.15, 0.2) is 36.7 Å². The molecule has 1 saturated heterocycles. The monoisotopic (exact) mass is 378 g/mol. The van der Waals surface area contributed by atoms with Gasteiger partial charge in [0.1, 0.15) is 11.6 Å². The molecule has 2 aromatic heterocycles. The van der Waals surface area contributed by atoms with E-state index in [1.54, 1.807) is 12.4 Å². The van der Waals surface area contributed by atoms with Gasteiger partial charge < -0.3 is 9.47 Å². The number of aromatic nitrogens is 4. The summed E-state index contributed by atoms with van der Waals surface area (Å²) >= 11 is 0. The zero-order valence-corrected chi connectivity index (χ0v) is 14.3. The summed E-state index contributed by atoms with van der Waals surface area (Å²) in [6.07, 6.45) is 1.58. The van der Waals surface area contributed by atoms with Crippen LogP contribution in [0.2, 0.25) is 0 Å². The second-order valence-corrected chi connectivity index (χ2v) is 6.48. The van der Waals surface area contributed by atoms with Crippen molar-refractivity contribution in [3.8, 4) is 17.0 Å². The van der Waals surface area contributed by atoms with Gasteiger partial charge in [0.25, 0.3) is 0 Å². The number of halogens is 3. The SMILES string of the molecule is FC(F)(F)Oc1ccc(-c2cn3c(CC4CCCOC4)nnc3cn2)cc1. The molecule has 0 bridgehead atoms. The van der Waals surface area contributed by atoms with E-state index >= 15 is 0 Å². The molecule has 0 saturated carbocycles. The van der Waals surface area contributed by atoms with Crippen LogP contribution in [0, 0.1) is 5.92 Å². The van der Waals surface area contributed by atoms with E-state index in [-0.39, 0.29) is 5.75 Å². The van der Waals surface area contributed by atoms with Crippen LogP contribution in [-0.4, -0.2) is 39.2 Å². The van der Waals surface area contributed by atoms with Gasteiger partial charge in [0.05, 0.1) is 11.9 Å². The third-order valence-corrected chi connectivity index (χ3v) is 4.47. The van der Waals surface area contributed by atoms with Gasteiger partial charge in [-0.25, -0.2) is 0 Å². The smallest absolute Gasteiger partial charge is 0.406 e. The highest BCUT2D eigenvalue weighted by atomic mass is 19.4. The van der Waals surface area contributed by atoms with Gasteiger partial charge in [-0.1, -0.05) is 0 Å². The maximum atomic E-state index is 12.3. The standard InChI is InChI=1S/C18H17F3N4O2/c19-18(20,21)27-14-5-3-13(4-6-14)15-10-25-16(23-24-17(25)9-22-15)8-12-2-1-7-26-11-12/h3-6,9-10,12H,1-2,7-8,11H2. The third kappa shape index (κ3) is 4.19. The molecule has 9 heteroatoms. The molecule has 0 radical (unpaired) electrons. The van der Waals surface area contributed by atoms with Crippen molar-refractivity contribution in [1.82, 2.24) is 19.6 Å². The van der Waals surface area contributed by atoms with Crippen molar-refractivity contribution in [2.75, 3.05) is 13.2 Å². The highest BCUT2D eigenvalue weighted by molar-refractivity contribution is 5.60. The van der Waals surface area contributed by atoms with Crippen molar-refractivity contribution in [2.45, 2.75) is 25.6 Å². The molecule has 1 aliphatic heterocycles. The molecule has 1 aliphatic rings. The fourth-order valence-corrected chi connectivity index (χ4v) is 3.19. The Morgan fingerprint density at radius 1 is 1.19 bits per heavy atom. The van der Waals surface area contributed by atoms with Gasteiger partial charge in [0.2, 0.25) is 0 Å². The van der Waals surface area contributed by atoms with Gasteiger partial charge in [-0.05, 0) is 43.0 Å². The molecule has 1 aromatic carbocycles. The number of ether oxygens (including phenoxy) is 2. The third-order valence-electron chi connectivity index (χ3n) is 4.47. The van der Waals surface area contributed by atoms with Gasteiger partial charge in [-0.3, -0.25) is 9.38 Å². The number of nitrogens with zero attached hydrogens (tertiary/aromatic N) is 4. The average Bonchev–Trinajstić information content (AvgIpc) is 3.04. The minimum absolute atomic E-state index is 0.269. The molecule has 1 fully saturated rings. The zero-order chi connectivity index (χ0) is 18.9. The Morgan fingerprint density at radius 2 is 2.00 bits per heavy atom. The van der Waals surface area contributed by atoms with E-state index in [9.17, 15) is 13.2 Å². The summed E-state index contributed by atoms with van der Waals surface area (Å²) < 4.78 is 48.1. The molecular formula is C18H17F3N4O2. The highest BCUT2D eigenvalue weighted by Gasteiger charge is 2.31. The lowest BCUT2D eigenvalue weighted by Crippen LogP contribution is -2.20. The average molecular weight is 378 g/mol. The molecule has 0 amide bonds. The number of hydrogen-bond acceptors (Lipinski definition) is 5. The molecule has 1 unspecified atom stereocenters. The lowest BCUT2D eigenvalue weighted by molar-refractivity contribution is -0.274. The Kier molecular flexibility index (Phi) is 4.69. The largest absolute Gasteiger partial charge is 0.573 e. The van der Waals surface area contributed by atoms with Crippen molar-refractivity contribution >= 4 is 5.65 Å². The van der Waals surface area contributed by atoms with E-state index < -0.39 is 6.36 Å². The quantitative estimate of drug-likeness (QED) is 0.693. The molecule has 6 nitrogen and oxygen atoms in total. The lowest BCUT2D eigenvalue weighted by Gasteiger charge is -2.21. The first kappa shape index (κ1) is 17.7. The van der Waals surface area contributed by atoms with E-state index in [0.717, 1.165) is 31.7 Å². The summed E-state index contributed by atoms with van der Waals surface area (Å²) in [5.74, 6) is 0.956. The van der Waals surface area contributed by atoms with Crippen LogP contribution in [0.4, 0.5) is 13.2 Å². The molecule has 3 heterocycles. The van der Waals surface area contributed by atoms with Crippen molar-refractivity contribution < 1.29 is 22.6 Å². The maximum absolute atomic E-state index is 12.3. The molecule has 0 aliphatic carbocycles. The Hall–Kier alpha value is -2.68. The van der Waals surface area contributed by atoms with Crippen LogP contribution >= 0.6 is 0 Å². The van der Waals surface area contributed by atoms with E-state index in [4.69, 9.17) is 4.74 Å². The topological polar surface area (TPSA) is 61.5 Å². The van der Waals surface area contributed by atoms with Gasteiger partial charge in [0, 0.05) is 31.4 Å². The van der Waals surface area contributed by atoms with Crippen molar-refractivity contribution in [3.63, 3.8) is 0 Å². The fourth-order valence-electron chi connectivity index (χ4n) is 3.19. The molecule has 3 aromatic rings. The van der Waals surface area contributed by atoms with Crippen LogP contribution in [0.5, 0.6) is 5.75 Å². The van der Waals surface area contributed by atoms with Crippen LogP contribution < -0.4 is 4.74 Å². The minimum atomic E-state index is -4.71. The number of rotatable bonds is 4. The number of hydrogen-bond donors (Lipinski definition) is 0. The van der Waals surface area contributed by atoms with Crippen LogP contribution in [-0.2, 0) is 11.2 Å². The maximum Gasteiger partial charge on any atom is 0.573 e. The van der Waals surface area contributed by atoms with Crippen LogP contribution in [0.3, 0.4) is 0 Å². The molecular weight excluding hydrogens is 361 g/mol. The Morgan fingerprint density at radius 3 is 2.70 bits per heavy atom. The summed E-state index contributed by atoms with van der Waals surface area (Å²) in [5.41, 5.74) is 1.91. The first-order valence-corrected chi connectivity index (χ1v) is 8.61. The Bertz CT molecular complexity index is 918. The summed E-state index contributed by atoms with van der Waals surface area (Å²) in [6, 6.07) is 5.60. The first-order chi connectivity index (χ1) is 13.0. The van der Waals surface area contributed by atoms with Crippen LogP contribution in [0.1, 0.15) is 18.7 Å². The molecule has 1 atom stereocenters. The van der Waals surface area contributed by atoms with Gasteiger partial charge in [-0.2, -0.15) is 0 Å². The van der Waals surface area contributed by atoms with Crippen LogP contribution in [0.25, 0.3) is 16.9 Å². The number of alkyl halides is 3. The predicted molar refractivity (Wildman–Crippen MR) is 90.1 cm³/mol. The summed E-state index contributed by atoms with van der Waals surface area (Å²) in [7, 11) is 0. The van der Waals surface area contributed by atoms with Crippen molar-refractivity contribution in [3.05, 3.63) is 42.5 Å². The van der Waals surface area contributed by atoms with Crippen molar-refractivity contribution in [1.29, 1.82) is 0 Å². The summed E-state index contributed by atoms with van der Waals surface area (Å²) in [6.45, 7) is 1.52. The Labute approximate surface area is 153 Å². The number of benzene rings is 1. The number of fused-ring (bicyclic) bond motifs is 1. The molecule has 142 valence electrons. The molecule has 4 rings (SSSR count). The lowest BCUT2D eigenvalue weighted by atomic mass is 9.98. The Balaban J connectivity index is 1.58. The van der Waals surface area contributed by atoms with Crippen molar-refractivity contribution in [2.24, 2.45) is 5.92 Å². The van der Waals surface area contributed by atoms with E-state index in [2.05, 4.69) is 19.9 Å². The van der Waals surface area contributed by atoms with E-state index in [1.807, 2.05) is 4.40 Å². The first-order valence-electron chi connectivity index (χ1n) is 8.61. The summed E-state index contributed by atoms with van der Waals surface area (Å²) in [5, 5.41) is 8.39. The second-order valence-electron chi connectivity index (χ2n) is 6.48. The van der Waals surface area contributed by atoms with Gasteiger partial charge >= 0.3 is 6.36 Å². The van der Waals surface area contributed by atoms with Gasteiger partial charge in [-0.15, -0.1) is 23.4 Å². The predicted octanol–water partition coefficient (Wildman–Crippen LogP) is 3.66. The molecule has 27 heavy (non-hydrogen) atoms. The highest BCUT2D eigenvalue weighted by Crippen LogP contribution is 2.26. The zero-order valence-electron chi connectivity index (χ0n) is 14.3. The van der Waals surface area contributed by atoms with Gasteiger partial charge in [0.15, 0.2) is 5.65 Å². The summed E-state index contributed by atoms with van der Waals surface area (Å²) in [4.78, 5) is 4.33. The van der Waals surface area contributed by atoms with E-state index in [0.29, 0.717) is 29.4 Å². The second kappa shape index (κ2) is 7.15. The normalized spacial score (nSPS) is 18.0. The molecule has 0 N–H and O–H groups in total.